The molecule has 0 amide bonds. The van der Waals surface area contributed by atoms with Crippen molar-refractivity contribution in [3.63, 3.8) is 0 Å². The lowest BCUT2D eigenvalue weighted by Gasteiger charge is -2.15. The molecule has 0 radical (unpaired) electrons. The van der Waals surface area contributed by atoms with Crippen LogP contribution >= 0.6 is 0 Å². The maximum absolute atomic E-state index is 6.13. The van der Waals surface area contributed by atoms with Gasteiger partial charge >= 0.3 is 0 Å². The molecule has 3 heterocycles. The molecule has 8 nitrogen and oxygen atoms in total. The highest BCUT2D eigenvalue weighted by Gasteiger charge is 2.11. The molecular formula is C14H18N8. The number of nitrogen functional groups attached to an aromatic ring is 1. The SMILES string of the molecule is C[C@@H](CNc1ncnc(-n2cccn2)c1N)Cn1cccn1. The Labute approximate surface area is 128 Å². The Hall–Kier alpha value is -2.90. The number of hydrogen-bond donors (Lipinski definition) is 2. The number of rotatable bonds is 6. The number of nitrogens with two attached hydrogens (primary N) is 1. The summed E-state index contributed by atoms with van der Waals surface area (Å²) in [7, 11) is 0. The van der Waals surface area contributed by atoms with Crippen molar-refractivity contribution in [1.29, 1.82) is 0 Å². The van der Waals surface area contributed by atoms with Gasteiger partial charge in [-0.2, -0.15) is 10.2 Å². The first-order valence-electron chi connectivity index (χ1n) is 7.06. The number of aromatic nitrogens is 6. The van der Waals surface area contributed by atoms with Crippen LogP contribution in [-0.4, -0.2) is 36.1 Å². The second-order valence-corrected chi connectivity index (χ2v) is 5.12. The van der Waals surface area contributed by atoms with E-state index in [0.717, 1.165) is 13.1 Å². The summed E-state index contributed by atoms with van der Waals surface area (Å²) in [5.41, 5.74) is 6.61. The number of nitrogens with one attached hydrogen (secondary N) is 1. The van der Waals surface area contributed by atoms with E-state index in [1.165, 1.54) is 6.33 Å². The molecule has 114 valence electrons. The molecule has 0 aliphatic carbocycles. The van der Waals surface area contributed by atoms with E-state index in [4.69, 9.17) is 5.73 Å². The Bertz CT molecular complexity index is 705. The number of nitrogens with zero attached hydrogens (tertiary/aromatic N) is 6. The summed E-state index contributed by atoms with van der Waals surface area (Å²) in [6.07, 6.45) is 8.68. The lowest BCUT2D eigenvalue weighted by Crippen LogP contribution is -2.19. The molecule has 0 aromatic carbocycles. The third-order valence-corrected chi connectivity index (χ3v) is 3.26. The van der Waals surface area contributed by atoms with Gasteiger partial charge in [0.25, 0.3) is 0 Å². The van der Waals surface area contributed by atoms with Crippen molar-refractivity contribution in [2.75, 3.05) is 17.6 Å². The normalized spacial score (nSPS) is 12.2. The molecule has 3 rings (SSSR count). The summed E-state index contributed by atoms with van der Waals surface area (Å²) in [4.78, 5) is 8.39. The maximum Gasteiger partial charge on any atom is 0.181 e. The van der Waals surface area contributed by atoms with Gasteiger partial charge in [-0.1, -0.05) is 6.92 Å². The molecule has 0 fully saturated rings. The zero-order valence-electron chi connectivity index (χ0n) is 12.3. The summed E-state index contributed by atoms with van der Waals surface area (Å²) in [6.45, 7) is 3.71. The standard InChI is InChI=1S/C14H18N8/c1-11(9-21-6-2-4-19-21)8-16-13-12(15)14(18-10-17-13)22-7-3-5-20-22/h2-7,10-11H,8-9,15H2,1H3,(H,16,17,18)/t11-/m0/s1. The second-order valence-electron chi connectivity index (χ2n) is 5.12. The van der Waals surface area contributed by atoms with Gasteiger partial charge in [0.2, 0.25) is 0 Å². The van der Waals surface area contributed by atoms with E-state index in [1.54, 1.807) is 23.3 Å². The Balaban J connectivity index is 1.66. The van der Waals surface area contributed by atoms with Crippen LogP contribution in [0.25, 0.3) is 5.82 Å². The van der Waals surface area contributed by atoms with Crippen molar-refractivity contribution in [3.8, 4) is 5.82 Å². The van der Waals surface area contributed by atoms with Crippen molar-refractivity contribution in [1.82, 2.24) is 29.5 Å². The van der Waals surface area contributed by atoms with Gasteiger partial charge in [0.1, 0.15) is 12.0 Å². The third kappa shape index (κ3) is 3.05. The Morgan fingerprint density at radius 3 is 2.73 bits per heavy atom. The lowest BCUT2D eigenvalue weighted by atomic mass is 10.2. The molecule has 0 aliphatic heterocycles. The fourth-order valence-electron chi connectivity index (χ4n) is 2.17. The van der Waals surface area contributed by atoms with Crippen LogP contribution in [0, 0.1) is 5.92 Å². The molecule has 8 heteroatoms. The highest BCUT2D eigenvalue weighted by atomic mass is 15.3. The van der Waals surface area contributed by atoms with Crippen LogP contribution in [-0.2, 0) is 6.54 Å². The van der Waals surface area contributed by atoms with Gasteiger partial charge in [0.05, 0.1) is 0 Å². The molecule has 0 bridgehead atoms. The van der Waals surface area contributed by atoms with Gasteiger partial charge < -0.3 is 11.1 Å². The Kier molecular flexibility index (Phi) is 3.99. The molecule has 3 N–H and O–H groups in total. The van der Waals surface area contributed by atoms with Gasteiger partial charge in [0.15, 0.2) is 11.6 Å². The topological polar surface area (TPSA) is 99.5 Å². The van der Waals surface area contributed by atoms with Crippen LogP contribution in [0.2, 0.25) is 0 Å². The number of anilines is 2. The largest absolute Gasteiger partial charge is 0.393 e. The summed E-state index contributed by atoms with van der Waals surface area (Å²) in [5, 5.41) is 11.6. The van der Waals surface area contributed by atoms with E-state index in [1.807, 2.05) is 23.0 Å². The molecule has 3 aromatic rings. The lowest BCUT2D eigenvalue weighted by molar-refractivity contribution is 0.467. The number of hydrogen-bond acceptors (Lipinski definition) is 6. The fourth-order valence-corrected chi connectivity index (χ4v) is 2.17. The molecule has 0 aliphatic rings. The van der Waals surface area contributed by atoms with Crippen LogP contribution in [0.1, 0.15) is 6.92 Å². The average molecular weight is 298 g/mol. The first-order chi connectivity index (χ1) is 10.7. The quantitative estimate of drug-likeness (QED) is 0.709. The summed E-state index contributed by atoms with van der Waals surface area (Å²) >= 11 is 0. The zero-order chi connectivity index (χ0) is 15.4. The highest BCUT2D eigenvalue weighted by Crippen LogP contribution is 2.21. The predicted octanol–water partition coefficient (Wildman–Crippen LogP) is 1.19. The molecule has 0 saturated heterocycles. The minimum atomic E-state index is 0.377. The summed E-state index contributed by atoms with van der Waals surface area (Å²) < 4.78 is 3.53. The first-order valence-corrected chi connectivity index (χ1v) is 7.06. The predicted molar refractivity (Wildman–Crippen MR) is 83.4 cm³/mol. The van der Waals surface area contributed by atoms with E-state index in [2.05, 4.69) is 32.4 Å². The maximum atomic E-state index is 6.13. The van der Waals surface area contributed by atoms with Gasteiger partial charge in [-0.15, -0.1) is 0 Å². The van der Waals surface area contributed by atoms with E-state index in [9.17, 15) is 0 Å². The first kappa shape index (κ1) is 14.1. The molecule has 0 spiro atoms. The van der Waals surface area contributed by atoms with Crippen LogP contribution in [0.15, 0.2) is 43.2 Å². The minimum Gasteiger partial charge on any atom is -0.393 e. The molecule has 3 aromatic heterocycles. The van der Waals surface area contributed by atoms with Gasteiger partial charge in [0, 0.05) is 37.9 Å². The van der Waals surface area contributed by atoms with Crippen molar-refractivity contribution in [2.24, 2.45) is 5.92 Å². The van der Waals surface area contributed by atoms with E-state index in [-0.39, 0.29) is 0 Å². The van der Waals surface area contributed by atoms with Crippen molar-refractivity contribution in [2.45, 2.75) is 13.5 Å². The van der Waals surface area contributed by atoms with E-state index >= 15 is 0 Å². The van der Waals surface area contributed by atoms with Crippen LogP contribution in [0.4, 0.5) is 11.5 Å². The van der Waals surface area contributed by atoms with Crippen LogP contribution < -0.4 is 11.1 Å². The monoisotopic (exact) mass is 298 g/mol. The summed E-state index contributed by atoms with van der Waals surface area (Å²) in [6, 6.07) is 3.74. The van der Waals surface area contributed by atoms with E-state index < -0.39 is 0 Å². The van der Waals surface area contributed by atoms with Crippen molar-refractivity contribution >= 4 is 11.5 Å². The molecule has 0 unspecified atom stereocenters. The van der Waals surface area contributed by atoms with Gasteiger partial charge in [-0.3, -0.25) is 4.68 Å². The smallest absolute Gasteiger partial charge is 0.181 e. The van der Waals surface area contributed by atoms with Crippen LogP contribution in [0.3, 0.4) is 0 Å². The van der Waals surface area contributed by atoms with Gasteiger partial charge in [-0.25, -0.2) is 14.6 Å². The van der Waals surface area contributed by atoms with Crippen molar-refractivity contribution in [3.05, 3.63) is 43.2 Å². The third-order valence-electron chi connectivity index (χ3n) is 3.26. The highest BCUT2D eigenvalue weighted by molar-refractivity contribution is 5.68. The Morgan fingerprint density at radius 1 is 1.18 bits per heavy atom. The zero-order valence-corrected chi connectivity index (χ0v) is 12.3. The van der Waals surface area contributed by atoms with E-state index in [0.29, 0.717) is 23.2 Å². The van der Waals surface area contributed by atoms with Crippen LogP contribution in [0.5, 0.6) is 0 Å². The molecule has 0 saturated carbocycles. The summed E-state index contributed by atoms with van der Waals surface area (Å²) in [5.74, 6) is 1.57. The Morgan fingerprint density at radius 2 is 2.00 bits per heavy atom. The molecule has 1 atom stereocenters. The minimum absolute atomic E-state index is 0.377. The van der Waals surface area contributed by atoms with Crippen molar-refractivity contribution < 1.29 is 0 Å². The fraction of sp³-hybridized carbons (Fsp3) is 0.286. The second kappa shape index (κ2) is 6.25. The average Bonchev–Trinajstić information content (AvgIpc) is 3.19. The molecule has 22 heavy (non-hydrogen) atoms. The molecular weight excluding hydrogens is 280 g/mol. The van der Waals surface area contributed by atoms with Gasteiger partial charge in [-0.05, 0) is 18.1 Å².